The van der Waals surface area contributed by atoms with Crippen molar-refractivity contribution in [2.24, 2.45) is 7.05 Å². The molecule has 1 fully saturated rings. The lowest BCUT2D eigenvalue weighted by molar-refractivity contribution is 0.472. The standard InChI is InChI=1S/C16H23N5O2/c1-10(2)9-21-12-13(19(4)16(23)18-14(12)22)17-15(21)20-8-6-5-7-11(20)3/h11H,1,5-9H2,2-4H3,(H,18,22,23). The highest BCUT2D eigenvalue weighted by atomic mass is 16.2. The second kappa shape index (κ2) is 5.72. The van der Waals surface area contributed by atoms with Crippen LogP contribution in [0.3, 0.4) is 0 Å². The van der Waals surface area contributed by atoms with E-state index in [1.54, 1.807) is 7.05 Å². The molecule has 0 saturated carbocycles. The van der Waals surface area contributed by atoms with Crippen LogP contribution in [-0.4, -0.2) is 31.7 Å². The summed E-state index contributed by atoms with van der Waals surface area (Å²) in [6.45, 7) is 9.48. The SMILES string of the molecule is C=C(C)Cn1c(N2CCCCC2C)nc2c1c(=O)[nH]c(=O)n2C. The molecule has 3 rings (SSSR count). The minimum Gasteiger partial charge on any atom is -0.339 e. The average Bonchev–Trinajstić information content (AvgIpc) is 2.84. The number of nitrogens with one attached hydrogen (secondary N) is 1. The van der Waals surface area contributed by atoms with Crippen LogP contribution >= 0.6 is 0 Å². The molecule has 3 heterocycles. The highest BCUT2D eigenvalue weighted by Gasteiger charge is 2.26. The number of fused-ring (bicyclic) bond motifs is 1. The van der Waals surface area contributed by atoms with Crippen molar-refractivity contribution in [2.75, 3.05) is 11.4 Å². The van der Waals surface area contributed by atoms with E-state index in [0.717, 1.165) is 30.9 Å². The molecule has 0 bridgehead atoms. The van der Waals surface area contributed by atoms with E-state index in [1.165, 1.54) is 11.0 Å². The summed E-state index contributed by atoms with van der Waals surface area (Å²) in [4.78, 5) is 33.5. The number of aromatic nitrogens is 4. The lowest BCUT2D eigenvalue weighted by atomic mass is 10.0. The zero-order valence-corrected chi connectivity index (χ0v) is 13.9. The summed E-state index contributed by atoms with van der Waals surface area (Å²) in [6.07, 6.45) is 3.42. The number of rotatable bonds is 3. The summed E-state index contributed by atoms with van der Waals surface area (Å²) >= 11 is 0. The van der Waals surface area contributed by atoms with Gasteiger partial charge >= 0.3 is 5.69 Å². The normalized spacial score (nSPS) is 18.6. The first-order chi connectivity index (χ1) is 10.9. The van der Waals surface area contributed by atoms with Crippen molar-refractivity contribution in [1.29, 1.82) is 0 Å². The van der Waals surface area contributed by atoms with Crippen molar-refractivity contribution in [1.82, 2.24) is 19.1 Å². The smallest absolute Gasteiger partial charge is 0.329 e. The third kappa shape index (κ3) is 2.60. The van der Waals surface area contributed by atoms with Crippen LogP contribution in [0.15, 0.2) is 21.7 Å². The molecule has 0 amide bonds. The molecule has 1 aliphatic rings. The van der Waals surface area contributed by atoms with E-state index in [9.17, 15) is 9.59 Å². The number of aryl methyl sites for hydroxylation is 1. The molecule has 23 heavy (non-hydrogen) atoms. The Morgan fingerprint density at radius 3 is 2.78 bits per heavy atom. The second-order valence-electron chi connectivity index (χ2n) is 6.48. The van der Waals surface area contributed by atoms with Gasteiger partial charge in [0.2, 0.25) is 5.95 Å². The van der Waals surface area contributed by atoms with Crippen molar-refractivity contribution in [2.45, 2.75) is 45.7 Å². The van der Waals surface area contributed by atoms with Gasteiger partial charge in [0.25, 0.3) is 5.56 Å². The molecular weight excluding hydrogens is 294 g/mol. The molecule has 0 aliphatic carbocycles. The van der Waals surface area contributed by atoms with Gasteiger partial charge in [-0.3, -0.25) is 14.3 Å². The van der Waals surface area contributed by atoms with Gasteiger partial charge in [-0.1, -0.05) is 12.2 Å². The van der Waals surface area contributed by atoms with Crippen molar-refractivity contribution >= 4 is 17.1 Å². The first kappa shape index (κ1) is 15.6. The molecule has 124 valence electrons. The summed E-state index contributed by atoms with van der Waals surface area (Å²) in [6, 6.07) is 0.362. The van der Waals surface area contributed by atoms with Crippen LogP contribution in [-0.2, 0) is 13.6 Å². The van der Waals surface area contributed by atoms with Gasteiger partial charge in [-0.2, -0.15) is 4.98 Å². The van der Waals surface area contributed by atoms with E-state index in [2.05, 4.69) is 28.4 Å². The van der Waals surface area contributed by atoms with Crippen molar-refractivity contribution in [3.8, 4) is 0 Å². The molecule has 1 aliphatic heterocycles. The Labute approximate surface area is 134 Å². The Hall–Kier alpha value is -2.31. The predicted molar refractivity (Wildman–Crippen MR) is 91.1 cm³/mol. The topological polar surface area (TPSA) is 75.9 Å². The van der Waals surface area contributed by atoms with E-state index in [-0.39, 0.29) is 0 Å². The molecule has 2 aromatic heterocycles. The van der Waals surface area contributed by atoms with Gasteiger partial charge in [0.15, 0.2) is 11.2 Å². The van der Waals surface area contributed by atoms with Gasteiger partial charge in [-0.05, 0) is 33.1 Å². The molecule has 1 saturated heterocycles. The van der Waals surface area contributed by atoms with Crippen LogP contribution in [0.25, 0.3) is 11.2 Å². The number of piperidine rings is 1. The van der Waals surface area contributed by atoms with Gasteiger partial charge in [0.1, 0.15) is 0 Å². The summed E-state index contributed by atoms with van der Waals surface area (Å²) in [7, 11) is 1.63. The Morgan fingerprint density at radius 2 is 2.13 bits per heavy atom. The molecule has 7 nitrogen and oxygen atoms in total. The zero-order chi connectivity index (χ0) is 16.7. The Kier molecular flexibility index (Phi) is 3.87. The van der Waals surface area contributed by atoms with Crippen LogP contribution in [0.5, 0.6) is 0 Å². The van der Waals surface area contributed by atoms with E-state index >= 15 is 0 Å². The zero-order valence-electron chi connectivity index (χ0n) is 13.9. The minimum atomic E-state index is -0.444. The summed E-state index contributed by atoms with van der Waals surface area (Å²) in [5.74, 6) is 0.752. The molecule has 2 aromatic rings. The first-order valence-electron chi connectivity index (χ1n) is 8.00. The third-order valence-corrected chi connectivity index (χ3v) is 4.47. The lowest BCUT2D eigenvalue weighted by Crippen LogP contribution is -2.39. The predicted octanol–water partition coefficient (Wildman–Crippen LogP) is 1.38. The lowest BCUT2D eigenvalue weighted by Gasteiger charge is -2.34. The van der Waals surface area contributed by atoms with Crippen LogP contribution < -0.4 is 16.1 Å². The van der Waals surface area contributed by atoms with Gasteiger partial charge in [0, 0.05) is 26.2 Å². The van der Waals surface area contributed by atoms with E-state index < -0.39 is 11.2 Å². The molecule has 7 heteroatoms. The van der Waals surface area contributed by atoms with Crippen LogP contribution in [0.1, 0.15) is 33.1 Å². The Morgan fingerprint density at radius 1 is 1.39 bits per heavy atom. The largest absolute Gasteiger partial charge is 0.339 e. The highest BCUT2D eigenvalue weighted by Crippen LogP contribution is 2.27. The first-order valence-corrected chi connectivity index (χ1v) is 8.00. The maximum Gasteiger partial charge on any atom is 0.329 e. The number of imidazole rings is 1. The minimum absolute atomic E-state index is 0.362. The molecule has 1 atom stereocenters. The van der Waals surface area contributed by atoms with Crippen molar-refractivity contribution in [3.63, 3.8) is 0 Å². The Balaban J connectivity index is 2.30. The van der Waals surface area contributed by atoms with Gasteiger partial charge in [-0.25, -0.2) is 4.79 Å². The van der Waals surface area contributed by atoms with Gasteiger partial charge in [-0.15, -0.1) is 0 Å². The number of nitrogens with zero attached hydrogens (tertiary/aromatic N) is 4. The van der Waals surface area contributed by atoms with E-state index in [1.807, 2.05) is 11.5 Å². The maximum absolute atomic E-state index is 12.4. The van der Waals surface area contributed by atoms with E-state index in [4.69, 9.17) is 0 Å². The van der Waals surface area contributed by atoms with Gasteiger partial charge < -0.3 is 9.47 Å². The van der Waals surface area contributed by atoms with E-state index in [0.29, 0.717) is 23.8 Å². The molecule has 1 N–H and O–H groups in total. The quantitative estimate of drug-likeness (QED) is 0.868. The average molecular weight is 317 g/mol. The van der Waals surface area contributed by atoms with Crippen LogP contribution in [0.2, 0.25) is 0 Å². The van der Waals surface area contributed by atoms with Crippen LogP contribution in [0, 0.1) is 0 Å². The number of aromatic amines is 1. The molecule has 0 radical (unpaired) electrons. The number of hydrogen-bond acceptors (Lipinski definition) is 4. The summed E-state index contributed by atoms with van der Waals surface area (Å²) < 4.78 is 3.28. The molecule has 1 unspecified atom stereocenters. The fourth-order valence-corrected chi connectivity index (χ4v) is 3.26. The van der Waals surface area contributed by atoms with Gasteiger partial charge in [0.05, 0.1) is 0 Å². The fourth-order valence-electron chi connectivity index (χ4n) is 3.26. The summed E-state index contributed by atoms with van der Waals surface area (Å²) in [5.41, 5.74) is 0.951. The third-order valence-electron chi connectivity index (χ3n) is 4.47. The molecule has 0 aromatic carbocycles. The second-order valence-corrected chi connectivity index (χ2v) is 6.48. The molecular formula is C16H23N5O2. The van der Waals surface area contributed by atoms with Crippen molar-refractivity contribution < 1.29 is 0 Å². The monoisotopic (exact) mass is 317 g/mol. The summed E-state index contributed by atoms with van der Waals surface area (Å²) in [5, 5.41) is 0. The number of anilines is 1. The van der Waals surface area contributed by atoms with Crippen molar-refractivity contribution in [3.05, 3.63) is 33.0 Å². The molecule has 0 spiro atoms. The Bertz CT molecular complexity index is 873. The maximum atomic E-state index is 12.4. The number of H-pyrrole nitrogens is 1. The fraction of sp³-hybridized carbons (Fsp3) is 0.562. The number of allylic oxidation sites excluding steroid dienone is 1. The highest BCUT2D eigenvalue weighted by molar-refractivity contribution is 5.74. The number of hydrogen-bond donors (Lipinski definition) is 1. The van der Waals surface area contributed by atoms with Crippen LogP contribution in [0.4, 0.5) is 5.95 Å².